The van der Waals surface area contributed by atoms with Gasteiger partial charge in [-0.15, -0.1) is 10.9 Å². The van der Waals surface area contributed by atoms with Gasteiger partial charge >= 0.3 is 0 Å². The van der Waals surface area contributed by atoms with Crippen LogP contribution in [0.1, 0.15) is 0 Å². The molecule has 0 saturated carbocycles. The molecular formula is C32H14BF10O2-. The lowest BCUT2D eigenvalue weighted by atomic mass is 9.12. The van der Waals surface area contributed by atoms with Gasteiger partial charge in [0.2, 0.25) is 0 Å². The lowest BCUT2D eigenvalue weighted by molar-refractivity contribution is 0.382. The Balaban J connectivity index is 1.94. The van der Waals surface area contributed by atoms with Crippen LogP contribution < -0.4 is 21.9 Å². The monoisotopic (exact) mass is 631 g/mol. The molecule has 0 aliphatic heterocycles. The van der Waals surface area contributed by atoms with E-state index in [1.165, 1.54) is 24.3 Å². The summed E-state index contributed by atoms with van der Waals surface area (Å²) < 4.78 is 152. The number of phenolic OH excluding ortho intramolecular Hbond substituents is 2. The molecular weight excluding hydrogens is 617 g/mol. The molecule has 0 unspecified atom stereocenters. The van der Waals surface area contributed by atoms with E-state index in [1.807, 2.05) is 0 Å². The van der Waals surface area contributed by atoms with Crippen LogP contribution in [0.25, 0.3) is 21.5 Å². The summed E-state index contributed by atoms with van der Waals surface area (Å²) in [4.78, 5) is 0. The van der Waals surface area contributed by atoms with E-state index in [4.69, 9.17) is 0 Å². The third-order valence-electron chi connectivity index (χ3n) is 8.05. The minimum Gasteiger partial charge on any atom is -0.508 e. The largest absolute Gasteiger partial charge is 0.508 e. The van der Waals surface area contributed by atoms with Crippen LogP contribution in [0.4, 0.5) is 43.9 Å². The predicted octanol–water partition coefficient (Wildman–Crippen LogP) is 6.17. The first kappa shape index (κ1) is 29.9. The normalized spacial score (nSPS) is 12.0. The molecule has 0 amide bonds. The molecule has 13 heteroatoms. The van der Waals surface area contributed by atoms with Crippen molar-refractivity contribution in [3.8, 4) is 11.5 Å². The fraction of sp³-hybridized carbons (Fsp3) is 0. The Bertz CT molecular complexity index is 2010. The summed E-state index contributed by atoms with van der Waals surface area (Å²) >= 11 is 0. The molecule has 0 atom stereocenters. The SMILES string of the molecule is Oc1ccc2cc([B-](c3ccc4cc(O)ccc4c3)(c3c(F)c(F)c(F)c(F)c3F)c3c(F)c(F)c(F)c(F)c3F)ccc2c1. The van der Waals surface area contributed by atoms with Crippen LogP contribution in [0.15, 0.2) is 72.8 Å². The fourth-order valence-electron chi connectivity index (χ4n) is 6.05. The summed E-state index contributed by atoms with van der Waals surface area (Å²) in [6.07, 6.45) is -4.52. The van der Waals surface area contributed by atoms with Gasteiger partial charge in [0.25, 0.3) is 0 Å². The second-order valence-corrected chi connectivity index (χ2v) is 10.4. The molecule has 0 bridgehead atoms. The number of benzene rings is 6. The van der Waals surface area contributed by atoms with Crippen LogP contribution in [0, 0.1) is 58.2 Å². The molecule has 0 heterocycles. The summed E-state index contributed by atoms with van der Waals surface area (Å²) in [5, 5.41) is 20.4. The van der Waals surface area contributed by atoms with Crippen molar-refractivity contribution in [2.24, 2.45) is 0 Å². The number of aromatic hydroxyl groups is 2. The lowest BCUT2D eigenvalue weighted by Gasteiger charge is -2.45. The zero-order valence-corrected chi connectivity index (χ0v) is 22.2. The highest BCUT2D eigenvalue weighted by atomic mass is 19.2. The zero-order chi connectivity index (χ0) is 32.5. The zero-order valence-electron chi connectivity index (χ0n) is 22.2. The maximum absolute atomic E-state index is 16.0. The van der Waals surface area contributed by atoms with E-state index in [1.54, 1.807) is 0 Å². The first-order valence-electron chi connectivity index (χ1n) is 12.9. The van der Waals surface area contributed by atoms with Crippen LogP contribution in [0.2, 0.25) is 0 Å². The summed E-state index contributed by atoms with van der Waals surface area (Å²) in [6.45, 7) is 0. The van der Waals surface area contributed by atoms with Crippen molar-refractivity contribution in [3.05, 3.63) is 131 Å². The highest BCUT2D eigenvalue weighted by Crippen LogP contribution is 2.28. The Morgan fingerprint density at radius 2 is 0.600 bits per heavy atom. The second-order valence-electron chi connectivity index (χ2n) is 10.4. The molecule has 6 aromatic carbocycles. The minimum absolute atomic E-state index is 0.0926. The van der Waals surface area contributed by atoms with Gasteiger partial charge in [-0.25, -0.2) is 43.9 Å². The first-order valence-corrected chi connectivity index (χ1v) is 12.9. The van der Waals surface area contributed by atoms with Gasteiger partial charge in [0.1, 0.15) is 40.9 Å². The van der Waals surface area contributed by atoms with E-state index in [-0.39, 0.29) is 33.0 Å². The van der Waals surface area contributed by atoms with Crippen molar-refractivity contribution in [3.63, 3.8) is 0 Å². The van der Waals surface area contributed by atoms with Gasteiger partial charge < -0.3 is 10.2 Å². The third-order valence-corrected chi connectivity index (χ3v) is 8.05. The van der Waals surface area contributed by atoms with Crippen LogP contribution in [-0.4, -0.2) is 16.4 Å². The Kier molecular flexibility index (Phi) is 6.94. The number of rotatable bonds is 4. The Labute approximate surface area is 246 Å². The molecule has 0 fully saturated rings. The van der Waals surface area contributed by atoms with E-state index in [9.17, 15) is 36.6 Å². The summed E-state index contributed by atoms with van der Waals surface area (Å²) in [5.74, 6) is -26.2. The molecule has 2 nitrogen and oxygen atoms in total. The van der Waals surface area contributed by atoms with E-state index >= 15 is 17.6 Å². The molecule has 2 N–H and O–H groups in total. The van der Waals surface area contributed by atoms with E-state index in [2.05, 4.69) is 0 Å². The Morgan fingerprint density at radius 3 is 0.933 bits per heavy atom. The predicted molar refractivity (Wildman–Crippen MR) is 148 cm³/mol. The maximum atomic E-state index is 16.0. The van der Waals surface area contributed by atoms with Gasteiger partial charge in [-0.1, -0.05) is 48.5 Å². The Hall–Kier alpha value is -5.20. The number of hydrogen-bond acceptors (Lipinski definition) is 2. The highest BCUT2D eigenvalue weighted by molar-refractivity contribution is 7.20. The number of hydrogen-bond donors (Lipinski definition) is 2. The molecule has 0 saturated heterocycles. The van der Waals surface area contributed by atoms with Crippen molar-refractivity contribution in [2.75, 3.05) is 0 Å². The summed E-state index contributed by atoms with van der Waals surface area (Å²) in [5.41, 5.74) is -4.97. The molecule has 0 aliphatic carbocycles. The summed E-state index contributed by atoms with van der Waals surface area (Å²) in [7, 11) is 0. The van der Waals surface area contributed by atoms with Gasteiger partial charge in [-0.05, 0) is 45.8 Å². The van der Waals surface area contributed by atoms with Crippen molar-refractivity contribution in [2.45, 2.75) is 0 Å². The van der Waals surface area contributed by atoms with E-state index in [0.717, 1.165) is 48.5 Å². The number of halogens is 10. The molecule has 6 aromatic rings. The molecule has 6 rings (SSSR count). The van der Waals surface area contributed by atoms with Gasteiger partial charge in [0, 0.05) is 0 Å². The lowest BCUT2D eigenvalue weighted by Crippen LogP contribution is -2.78. The van der Waals surface area contributed by atoms with Crippen LogP contribution in [0.3, 0.4) is 0 Å². The van der Waals surface area contributed by atoms with E-state index in [0.29, 0.717) is 0 Å². The van der Waals surface area contributed by atoms with Crippen molar-refractivity contribution in [1.29, 1.82) is 0 Å². The van der Waals surface area contributed by atoms with Crippen molar-refractivity contribution < 1.29 is 54.1 Å². The molecule has 0 spiro atoms. The van der Waals surface area contributed by atoms with Gasteiger partial charge in [-0.3, -0.25) is 0 Å². The molecule has 45 heavy (non-hydrogen) atoms. The van der Waals surface area contributed by atoms with Crippen LogP contribution in [-0.2, 0) is 0 Å². The second kappa shape index (κ2) is 10.5. The number of phenols is 2. The number of fused-ring (bicyclic) bond motifs is 2. The van der Waals surface area contributed by atoms with Crippen LogP contribution in [0.5, 0.6) is 11.5 Å². The molecule has 0 aromatic heterocycles. The Morgan fingerprint density at radius 1 is 0.333 bits per heavy atom. The quantitative estimate of drug-likeness (QED) is 0.106. The molecule has 0 aliphatic rings. The van der Waals surface area contributed by atoms with Gasteiger partial charge in [0.05, 0.1) is 0 Å². The topological polar surface area (TPSA) is 40.5 Å². The highest BCUT2D eigenvalue weighted by Gasteiger charge is 2.45. The average Bonchev–Trinajstić information content (AvgIpc) is 3.03. The fourth-order valence-corrected chi connectivity index (χ4v) is 6.05. The molecule has 0 radical (unpaired) electrons. The molecule has 228 valence electrons. The van der Waals surface area contributed by atoms with Crippen molar-refractivity contribution >= 4 is 49.5 Å². The minimum atomic E-state index is -4.52. The first-order chi connectivity index (χ1) is 21.3. The summed E-state index contributed by atoms with van der Waals surface area (Å²) in [6, 6.07) is 13.5. The maximum Gasteiger partial charge on any atom is 0.200 e. The van der Waals surface area contributed by atoms with Gasteiger partial charge in [0.15, 0.2) is 34.9 Å². The van der Waals surface area contributed by atoms with Crippen molar-refractivity contribution in [1.82, 2.24) is 0 Å². The standard InChI is InChI=1S/C32H14BF10O2/c34-23-21(24(35)28(39)31(42)27(23)38)33(22-25(36)29(40)32(43)30(41)26(22)37,17-5-1-15-11-19(44)7-3-13(15)9-17)18-6-2-16-12-20(45)8-4-14(16)10-18/h1-12,44-45H/q-1. The average molecular weight is 631 g/mol. The van der Waals surface area contributed by atoms with E-state index < -0.39 is 86.2 Å². The smallest absolute Gasteiger partial charge is 0.200 e. The van der Waals surface area contributed by atoms with Crippen LogP contribution >= 0.6 is 0 Å². The van der Waals surface area contributed by atoms with Gasteiger partial charge in [-0.2, -0.15) is 10.9 Å². The third kappa shape index (κ3) is 4.28.